The average molecular weight is 170 g/mol. The molecule has 1 rings (SSSR count). The minimum atomic E-state index is 0.192. The Labute approximate surface area is 74.3 Å². The number of carbonyl (C=O) groups is 1. The van der Waals surface area contributed by atoms with Crippen LogP contribution in [0, 0.1) is 5.92 Å². The summed E-state index contributed by atoms with van der Waals surface area (Å²) in [6, 6.07) is 0. The van der Waals surface area contributed by atoms with Gasteiger partial charge in [-0.25, -0.2) is 0 Å². The third-order valence-corrected chi connectivity index (χ3v) is 2.64. The molecule has 2 atom stereocenters. The molecule has 0 heterocycles. The molecule has 0 bridgehead atoms. The van der Waals surface area contributed by atoms with Crippen molar-refractivity contribution in [3.63, 3.8) is 0 Å². The first-order valence-electron chi connectivity index (χ1n) is 4.92. The van der Waals surface area contributed by atoms with E-state index in [0.29, 0.717) is 6.47 Å². The van der Waals surface area contributed by atoms with Crippen molar-refractivity contribution in [1.82, 2.24) is 0 Å². The van der Waals surface area contributed by atoms with Gasteiger partial charge in [0.1, 0.15) is 6.10 Å². The molecule has 0 radical (unpaired) electrons. The van der Waals surface area contributed by atoms with Gasteiger partial charge in [0.05, 0.1) is 0 Å². The van der Waals surface area contributed by atoms with E-state index in [1.54, 1.807) is 0 Å². The van der Waals surface area contributed by atoms with Crippen LogP contribution in [-0.4, -0.2) is 12.6 Å². The van der Waals surface area contributed by atoms with Gasteiger partial charge in [0, 0.05) is 0 Å². The fourth-order valence-electron chi connectivity index (χ4n) is 1.93. The van der Waals surface area contributed by atoms with Crippen LogP contribution in [0.3, 0.4) is 0 Å². The maximum absolute atomic E-state index is 10.2. The number of carbonyl (C=O) groups excluding carboxylic acids is 1. The van der Waals surface area contributed by atoms with Crippen molar-refractivity contribution in [1.29, 1.82) is 0 Å². The lowest BCUT2D eigenvalue weighted by Crippen LogP contribution is -2.17. The monoisotopic (exact) mass is 170 g/mol. The Kier molecular flexibility index (Phi) is 4.12. The first-order valence-corrected chi connectivity index (χ1v) is 4.92. The van der Waals surface area contributed by atoms with Gasteiger partial charge in [-0.15, -0.1) is 0 Å². The topological polar surface area (TPSA) is 26.3 Å². The van der Waals surface area contributed by atoms with Crippen molar-refractivity contribution in [2.45, 2.75) is 51.6 Å². The highest BCUT2D eigenvalue weighted by Crippen LogP contribution is 2.23. The summed E-state index contributed by atoms with van der Waals surface area (Å²) in [5, 5.41) is 0. The van der Waals surface area contributed by atoms with E-state index in [4.69, 9.17) is 4.74 Å². The molecule has 2 heteroatoms. The van der Waals surface area contributed by atoms with E-state index in [-0.39, 0.29) is 6.10 Å². The second-order valence-electron chi connectivity index (χ2n) is 3.83. The average Bonchev–Trinajstić information content (AvgIpc) is 2.00. The van der Waals surface area contributed by atoms with Crippen molar-refractivity contribution < 1.29 is 9.53 Å². The first kappa shape index (κ1) is 9.56. The highest BCUT2D eigenvalue weighted by Gasteiger charge is 2.16. The predicted molar refractivity (Wildman–Crippen MR) is 47.8 cm³/mol. The van der Waals surface area contributed by atoms with Gasteiger partial charge in [-0.05, 0) is 25.2 Å². The normalized spacial score (nSPS) is 31.8. The summed E-state index contributed by atoms with van der Waals surface area (Å²) in [5.74, 6) is 0.718. The zero-order valence-electron chi connectivity index (χ0n) is 7.79. The van der Waals surface area contributed by atoms with Crippen LogP contribution >= 0.6 is 0 Å². The van der Waals surface area contributed by atoms with E-state index in [2.05, 4.69) is 6.92 Å². The SMILES string of the molecule is CC1CCCCCC(OC=O)C1. The minimum absolute atomic E-state index is 0.192. The summed E-state index contributed by atoms with van der Waals surface area (Å²) in [7, 11) is 0. The van der Waals surface area contributed by atoms with Crippen LogP contribution in [0.4, 0.5) is 0 Å². The number of hydrogen-bond donors (Lipinski definition) is 0. The van der Waals surface area contributed by atoms with Gasteiger partial charge in [0.15, 0.2) is 0 Å². The molecule has 1 aliphatic rings. The molecule has 1 aliphatic carbocycles. The van der Waals surface area contributed by atoms with E-state index in [0.717, 1.165) is 18.8 Å². The molecule has 2 unspecified atom stereocenters. The molecule has 0 amide bonds. The summed E-state index contributed by atoms with van der Waals surface area (Å²) in [6.45, 7) is 2.84. The van der Waals surface area contributed by atoms with Crippen molar-refractivity contribution in [3.8, 4) is 0 Å². The Balaban J connectivity index is 2.32. The van der Waals surface area contributed by atoms with Crippen molar-refractivity contribution in [3.05, 3.63) is 0 Å². The number of ether oxygens (including phenoxy) is 1. The zero-order chi connectivity index (χ0) is 8.81. The molecule has 0 spiro atoms. The smallest absolute Gasteiger partial charge is 0.293 e. The third-order valence-electron chi connectivity index (χ3n) is 2.64. The van der Waals surface area contributed by atoms with Crippen molar-refractivity contribution >= 4 is 6.47 Å². The molecular formula is C10H18O2. The van der Waals surface area contributed by atoms with E-state index in [9.17, 15) is 4.79 Å². The molecule has 0 saturated heterocycles. The van der Waals surface area contributed by atoms with Gasteiger partial charge in [-0.2, -0.15) is 0 Å². The predicted octanol–water partition coefficient (Wildman–Crippen LogP) is 2.52. The number of rotatable bonds is 2. The zero-order valence-corrected chi connectivity index (χ0v) is 7.79. The Morgan fingerprint density at radius 1 is 1.25 bits per heavy atom. The third kappa shape index (κ3) is 3.24. The summed E-state index contributed by atoms with van der Waals surface area (Å²) < 4.78 is 5.01. The van der Waals surface area contributed by atoms with E-state index in [1.165, 1.54) is 25.7 Å². The molecule has 0 aromatic carbocycles. The van der Waals surface area contributed by atoms with Crippen molar-refractivity contribution in [2.75, 3.05) is 0 Å². The molecule has 1 saturated carbocycles. The summed E-state index contributed by atoms with van der Waals surface area (Å²) in [6.07, 6.45) is 7.45. The lowest BCUT2D eigenvalue weighted by atomic mass is 9.91. The summed E-state index contributed by atoms with van der Waals surface area (Å²) in [5.41, 5.74) is 0. The van der Waals surface area contributed by atoms with Crippen LogP contribution in [0.2, 0.25) is 0 Å². The second-order valence-corrected chi connectivity index (χ2v) is 3.83. The highest BCUT2D eigenvalue weighted by atomic mass is 16.5. The Morgan fingerprint density at radius 2 is 2.00 bits per heavy atom. The minimum Gasteiger partial charge on any atom is -0.465 e. The Morgan fingerprint density at radius 3 is 2.75 bits per heavy atom. The Bertz CT molecular complexity index is 134. The van der Waals surface area contributed by atoms with Crippen LogP contribution in [0.25, 0.3) is 0 Å². The Hall–Kier alpha value is -0.530. The molecule has 0 aliphatic heterocycles. The van der Waals surface area contributed by atoms with Gasteiger partial charge < -0.3 is 4.74 Å². The molecule has 0 aromatic heterocycles. The quantitative estimate of drug-likeness (QED) is 0.595. The highest BCUT2D eigenvalue weighted by molar-refractivity contribution is 5.37. The lowest BCUT2D eigenvalue weighted by Gasteiger charge is -2.22. The fraction of sp³-hybridized carbons (Fsp3) is 0.900. The molecule has 0 aromatic rings. The standard InChI is InChI=1S/C10H18O2/c1-9-5-3-2-4-6-10(7-9)12-8-11/h8-10H,2-7H2,1H3. The van der Waals surface area contributed by atoms with E-state index < -0.39 is 0 Å². The lowest BCUT2D eigenvalue weighted by molar-refractivity contribution is -0.134. The molecule has 12 heavy (non-hydrogen) atoms. The number of hydrogen-bond acceptors (Lipinski definition) is 2. The van der Waals surface area contributed by atoms with E-state index in [1.807, 2.05) is 0 Å². The van der Waals surface area contributed by atoms with Crippen LogP contribution in [0.5, 0.6) is 0 Å². The van der Waals surface area contributed by atoms with Crippen LogP contribution in [-0.2, 0) is 9.53 Å². The molecular weight excluding hydrogens is 152 g/mol. The fourth-order valence-corrected chi connectivity index (χ4v) is 1.93. The summed E-state index contributed by atoms with van der Waals surface area (Å²) in [4.78, 5) is 10.2. The van der Waals surface area contributed by atoms with E-state index >= 15 is 0 Å². The van der Waals surface area contributed by atoms with Crippen LogP contribution in [0.15, 0.2) is 0 Å². The van der Waals surface area contributed by atoms with Gasteiger partial charge >= 0.3 is 0 Å². The van der Waals surface area contributed by atoms with Gasteiger partial charge in [-0.3, -0.25) is 4.79 Å². The second kappa shape index (κ2) is 5.18. The van der Waals surface area contributed by atoms with Gasteiger partial charge in [0.25, 0.3) is 6.47 Å². The largest absolute Gasteiger partial charge is 0.465 e. The van der Waals surface area contributed by atoms with Crippen LogP contribution in [0.1, 0.15) is 45.4 Å². The van der Waals surface area contributed by atoms with Crippen molar-refractivity contribution in [2.24, 2.45) is 5.92 Å². The maximum atomic E-state index is 10.2. The molecule has 70 valence electrons. The molecule has 1 fully saturated rings. The molecule has 0 N–H and O–H groups in total. The van der Waals surface area contributed by atoms with Gasteiger partial charge in [0.2, 0.25) is 0 Å². The maximum Gasteiger partial charge on any atom is 0.293 e. The van der Waals surface area contributed by atoms with Crippen LogP contribution < -0.4 is 0 Å². The first-order chi connectivity index (χ1) is 5.83. The van der Waals surface area contributed by atoms with Gasteiger partial charge in [-0.1, -0.05) is 26.2 Å². The molecule has 2 nitrogen and oxygen atoms in total. The summed E-state index contributed by atoms with van der Waals surface area (Å²) >= 11 is 0.